The van der Waals surface area contributed by atoms with Crippen molar-refractivity contribution in [3.63, 3.8) is 0 Å². The summed E-state index contributed by atoms with van der Waals surface area (Å²) in [5, 5.41) is 2.93. The van der Waals surface area contributed by atoms with E-state index in [1.165, 1.54) is 0 Å². The first-order chi connectivity index (χ1) is 13.2. The molecule has 152 valence electrons. The van der Waals surface area contributed by atoms with Crippen LogP contribution in [0.15, 0.2) is 30.8 Å². The lowest BCUT2D eigenvalue weighted by Gasteiger charge is -2.37. The van der Waals surface area contributed by atoms with Gasteiger partial charge >= 0.3 is 0 Å². The highest BCUT2D eigenvalue weighted by molar-refractivity contribution is 5.94. The number of benzene rings is 1. The fraction of sp³-hybridized carbons (Fsp3) is 0.571. The van der Waals surface area contributed by atoms with E-state index in [0.717, 1.165) is 5.56 Å². The maximum atomic E-state index is 12.5. The Kier molecular flexibility index (Phi) is 4.84. The molecule has 0 spiro atoms. The Balaban J connectivity index is 1.46. The summed E-state index contributed by atoms with van der Waals surface area (Å²) in [4.78, 5) is 12.5. The lowest BCUT2D eigenvalue weighted by Crippen LogP contribution is -2.57. The van der Waals surface area contributed by atoms with Crippen LogP contribution >= 0.6 is 0 Å². The van der Waals surface area contributed by atoms with Crippen molar-refractivity contribution < 1.29 is 28.5 Å². The van der Waals surface area contributed by atoms with Crippen molar-refractivity contribution in [3.05, 3.63) is 42.0 Å². The van der Waals surface area contributed by atoms with E-state index in [2.05, 4.69) is 11.9 Å². The maximum absolute atomic E-state index is 12.5. The van der Waals surface area contributed by atoms with Gasteiger partial charge in [-0.1, -0.05) is 24.8 Å². The van der Waals surface area contributed by atoms with E-state index in [9.17, 15) is 4.79 Å². The summed E-state index contributed by atoms with van der Waals surface area (Å²) in [6.07, 6.45) is -0.315. The molecule has 0 unspecified atom stereocenters. The van der Waals surface area contributed by atoms with E-state index >= 15 is 0 Å². The third kappa shape index (κ3) is 3.73. The number of carbonyl (C=O) groups is 1. The van der Waals surface area contributed by atoms with Crippen LogP contribution in [0.5, 0.6) is 0 Å². The minimum absolute atomic E-state index is 0.181. The summed E-state index contributed by atoms with van der Waals surface area (Å²) in [6, 6.07) is 7.23. The second-order valence-corrected chi connectivity index (χ2v) is 8.24. The Bertz CT molecular complexity index is 759. The van der Waals surface area contributed by atoms with E-state index in [4.69, 9.17) is 23.7 Å². The molecule has 7 nitrogen and oxygen atoms in total. The van der Waals surface area contributed by atoms with Crippen LogP contribution < -0.4 is 5.32 Å². The van der Waals surface area contributed by atoms with Crippen molar-refractivity contribution in [1.29, 1.82) is 0 Å². The Labute approximate surface area is 164 Å². The lowest BCUT2D eigenvalue weighted by molar-refractivity contribution is -0.232. The zero-order valence-corrected chi connectivity index (χ0v) is 16.6. The van der Waals surface area contributed by atoms with Gasteiger partial charge in [-0.25, -0.2) is 0 Å². The summed E-state index contributed by atoms with van der Waals surface area (Å²) in [5.41, 5.74) is 1.53. The Hall–Kier alpha value is -1.77. The number of amides is 1. The summed E-state index contributed by atoms with van der Waals surface area (Å²) < 4.78 is 30.1. The van der Waals surface area contributed by atoms with Crippen molar-refractivity contribution >= 4 is 12.0 Å². The molecule has 0 saturated carbocycles. The minimum atomic E-state index is -0.763. The molecule has 1 aromatic rings. The van der Waals surface area contributed by atoms with Crippen LogP contribution in [0.1, 0.15) is 43.6 Å². The van der Waals surface area contributed by atoms with Gasteiger partial charge < -0.3 is 29.0 Å². The standard InChI is InChI=1S/C21H27NO6/c1-6-12-7-9-13(10-8-12)18(23)22-11-14-15-16(26-20(2,3)25-15)17-19(24-14)28-21(4,5)27-17/h6-10,14-17,19H,1,11H2,2-5H3,(H,22,23)/t14-,15+,16+,17-,19-/m1/s1. The van der Waals surface area contributed by atoms with Crippen molar-refractivity contribution in [2.24, 2.45) is 0 Å². The van der Waals surface area contributed by atoms with Gasteiger partial charge in [-0.05, 0) is 45.4 Å². The molecule has 1 amide bonds. The van der Waals surface area contributed by atoms with Crippen LogP contribution in [0.2, 0.25) is 0 Å². The first-order valence-electron chi connectivity index (χ1n) is 9.55. The molecule has 0 radical (unpaired) electrons. The Morgan fingerprint density at radius 3 is 2.29 bits per heavy atom. The number of fused-ring (bicyclic) bond motifs is 3. The van der Waals surface area contributed by atoms with Crippen molar-refractivity contribution in [2.75, 3.05) is 6.54 Å². The average Bonchev–Trinajstić information content (AvgIpc) is 3.13. The second kappa shape index (κ2) is 6.93. The van der Waals surface area contributed by atoms with Crippen molar-refractivity contribution in [1.82, 2.24) is 5.32 Å². The van der Waals surface area contributed by atoms with E-state index in [-0.39, 0.29) is 30.8 Å². The molecule has 4 rings (SSSR count). The second-order valence-electron chi connectivity index (χ2n) is 8.24. The normalized spacial score (nSPS) is 35.1. The monoisotopic (exact) mass is 389 g/mol. The van der Waals surface area contributed by atoms with Gasteiger partial charge in [-0.3, -0.25) is 4.79 Å². The summed E-state index contributed by atoms with van der Waals surface area (Å²) in [7, 11) is 0. The Morgan fingerprint density at radius 1 is 1.00 bits per heavy atom. The van der Waals surface area contributed by atoms with E-state index in [0.29, 0.717) is 5.56 Å². The molecular weight excluding hydrogens is 362 g/mol. The number of hydrogen-bond donors (Lipinski definition) is 1. The van der Waals surface area contributed by atoms with Crippen LogP contribution in [0.4, 0.5) is 0 Å². The van der Waals surface area contributed by atoms with Crippen LogP contribution in [0.25, 0.3) is 6.08 Å². The topological polar surface area (TPSA) is 75.3 Å². The van der Waals surface area contributed by atoms with Gasteiger partial charge in [0.1, 0.15) is 24.4 Å². The molecule has 0 bridgehead atoms. The highest BCUT2D eigenvalue weighted by atomic mass is 16.9. The van der Waals surface area contributed by atoms with E-state index < -0.39 is 24.0 Å². The quantitative estimate of drug-likeness (QED) is 0.853. The molecule has 0 aromatic heterocycles. The number of hydrogen-bond acceptors (Lipinski definition) is 6. The van der Waals surface area contributed by atoms with E-state index in [1.807, 2.05) is 39.8 Å². The van der Waals surface area contributed by atoms with Gasteiger partial charge in [0.25, 0.3) is 5.91 Å². The predicted octanol–water partition coefficient (Wildman–Crippen LogP) is 2.46. The molecular formula is C21H27NO6. The zero-order chi connectivity index (χ0) is 20.1. The van der Waals surface area contributed by atoms with Crippen LogP contribution in [0.3, 0.4) is 0 Å². The Morgan fingerprint density at radius 2 is 1.61 bits per heavy atom. The molecule has 28 heavy (non-hydrogen) atoms. The first-order valence-corrected chi connectivity index (χ1v) is 9.55. The van der Waals surface area contributed by atoms with Gasteiger partial charge in [0, 0.05) is 12.1 Å². The maximum Gasteiger partial charge on any atom is 0.251 e. The molecule has 3 aliphatic heterocycles. The SMILES string of the molecule is C=Cc1ccc(C(=O)NC[C@H]2O[C@@H]3OC(C)(C)O[C@@H]3[C@H]3OC(C)(C)O[C@H]32)cc1. The molecule has 3 heterocycles. The predicted molar refractivity (Wildman–Crippen MR) is 101 cm³/mol. The van der Waals surface area contributed by atoms with Crippen LogP contribution in [0, 0.1) is 0 Å². The van der Waals surface area contributed by atoms with Gasteiger partial charge in [0.05, 0.1) is 0 Å². The summed E-state index contributed by atoms with van der Waals surface area (Å²) in [5.74, 6) is -1.70. The minimum Gasteiger partial charge on any atom is -0.349 e. The van der Waals surface area contributed by atoms with E-state index in [1.54, 1.807) is 18.2 Å². The van der Waals surface area contributed by atoms with Crippen LogP contribution in [-0.4, -0.2) is 54.7 Å². The number of ether oxygens (including phenoxy) is 5. The average molecular weight is 389 g/mol. The highest BCUT2D eigenvalue weighted by Crippen LogP contribution is 2.43. The van der Waals surface area contributed by atoms with Gasteiger partial charge in [0.2, 0.25) is 0 Å². The molecule has 1 aromatic carbocycles. The van der Waals surface area contributed by atoms with Crippen LogP contribution in [-0.2, 0) is 23.7 Å². The molecule has 3 saturated heterocycles. The fourth-order valence-corrected chi connectivity index (χ4v) is 3.92. The van der Waals surface area contributed by atoms with Gasteiger partial charge in [-0.15, -0.1) is 0 Å². The zero-order valence-electron chi connectivity index (χ0n) is 16.6. The number of rotatable bonds is 4. The molecule has 5 atom stereocenters. The molecule has 3 fully saturated rings. The third-order valence-corrected chi connectivity index (χ3v) is 5.12. The highest BCUT2D eigenvalue weighted by Gasteiger charge is 2.60. The third-order valence-electron chi connectivity index (χ3n) is 5.12. The largest absolute Gasteiger partial charge is 0.349 e. The number of nitrogens with one attached hydrogen (secondary N) is 1. The molecule has 0 aliphatic carbocycles. The fourth-order valence-electron chi connectivity index (χ4n) is 3.92. The van der Waals surface area contributed by atoms with Gasteiger partial charge in [-0.2, -0.15) is 0 Å². The molecule has 3 aliphatic rings. The number of carbonyl (C=O) groups excluding carboxylic acids is 1. The first kappa shape index (κ1) is 19.5. The van der Waals surface area contributed by atoms with Crippen molar-refractivity contribution in [2.45, 2.75) is 70.0 Å². The van der Waals surface area contributed by atoms with Crippen molar-refractivity contribution in [3.8, 4) is 0 Å². The lowest BCUT2D eigenvalue weighted by atomic mass is 9.99. The molecule has 7 heteroatoms. The van der Waals surface area contributed by atoms with Gasteiger partial charge in [0.15, 0.2) is 17.9 Å². The molecule has 1 N–H and O–H groups in total. The summed E-state index contributed by atoms with van der Waals surface area (Å²) in [6.45, 7) is 11.4. The smallest absolute Gasteiger partial charge is 0.251 e. The summed E-state index contributed by atoms with van der Waals surface area (Å²) >= 11 is 0.